The molecule has 1 amide bonds. The first-order valence-electron chi connectivity index (χ1n) is 6.49. The molecule has 0 bridgehead atoms. The number of carbonyl (C=O) groups is 1. The zero-order chi connectivity index (χ0) is 15.8. The van der Waals surface area contributed by atoms with Crippen LogP contribution in [0.3, 0.4) is 0 Å². The second-order valence-electron chi connectivity index (χ2n) is 5.28. The molecule has 8 heteroatoms. The number of rotatable bonds is 3. The van der Waals surface area contributed by atoms with Crippen molar-refractivity contribution in [2.24, 2.45) is 5.73 Å². The molecule has 0 spiro atoms. The number of anilines is 1. The standard InChI is InChI=1S/C13H17F3N4O/c1-19(2)8-5-6-20(7-8)12-9(11(17)21)3-4-10(18-12)13(14,15)16/h3-4,8H,5-7H2,1-2H3,(H2,17,21). The van der Waals surface area contributed by atoms with Crippen LogP contribution in [-0.2, 0) is 6.18 Å². The highest BCUT2D eigenvalue weighted by Crippen LogP contribution is 2.31. The van der Waals surface area contributed by atoms with E-state index in [4.69, 9.17) is 5.73 Å². The molecule has 1 atom stereocenters. The molecule has 0 aliphatic carbocycles. The van der Waals surface area contributed by atoms with Gasteiger partial charge in [-0.15, -0.1) is 0 Å². The third-order valence-electron chi connectivity index (χ3n) is 3.62. The summed E-state index contributed by atoms with van der Waals surface area (Å²) in [5, 5.41) is 0. The summed E-state index contributed by atoms with van der Waals surface area (Å²) < 4.78 is 38.4. The second-order valence-corrected chi connectivity index (χ2v) is 5.28. The Morgan fingerprint density at radius 1 is 1.43 bits per heavy atom. The number of nitrogens with two attached hydrogens (primary N) is 1. The fraction of sp³-hybridized carbons (Fsp3) is 0.538. The van der Waals surface area contributed by atoms with Crippen LogP contribution < -0.4 is 10.6 Å². The van der Waals surface area contributed by atoms with Crippen molar-refractivity contribution in [2.75, 3.05) is 32.1 Å². The minimum Gasteiger partial charge on any atom is -0.365 e. The molecule has 21 heavy (non-hydrogen) atoms. The number of amides is 1. The molecule has 1 saturated heterocycles. The maximum atomic E-state index is 12.8. The Hall–Kier alpha value is -1.83. The molecule has 2 heterocycles. The smallest absolute Gasteiger partial charge is 0.365 e. The second kappa shape index (κ2) is 5.51. The van der Waals surface area contributed by atoms with Gasteiger partial charge in [-0.2, -0.15) is 13.2 Å². The summed E-state index contributed by atoms with van der Waals surface area (Å²) in [5.41, 5.74) is 4.24. The molecule has 1 aromatic heterocycles. The number of alkyl halides is 3. The lowest BCUT2D eigenvalue weighted by atomic mass is 10.2. The first-order valence-corrected chi connectivity index (χ1v) is 6.49. The van der Waals surface area contributed by atoms with Crippen molar-refractivity contribution in [3.8, 4) is 0 Å². The molecule has 0 saturated carbocycles. The topological polar surface area (TPSA) is 62.5 Å². The first kappa shape index (κ1) is 15.6. The Morgan fingerprint density at radius 2 is 2.10 bits per heavy atom. The third kappa shape index (κ3) is 3.26. The van der Waals surface area contributed by atoms with Gasteiger partial charge in [-0.25, -0.2) is 4.98 Å². The van der Waals surface area contributed by atoms with Crippen molar-refractivity contribution in [3.05, 3.63) is 23.4 Å². The average Bonchev–Trinajstić information content (AvgIpc) is 2.86. The number of primary amides is 1. The largest absolute Gasteiger partial charge is 0.433 e. The van der Waals surface area contributed by atoms with Crippen molar-refractivity contribution in [1.82, 2.24) is 9.88 Å². The molecule has 0 aromatic carbocycles. The van der Waals surface area contributed by atoms with Gasteiger partial charge in [-0.05, 0) is 32.6 Å². The lowest BCUT2D eigenvalue weighted by molar-refractivity contribution is -0.141. The average molecular weight is 302 g/mol. The van der Waals surface area contributed by atoms with E-state index in [0.717, 1.165) is 18.6 Å². The lowest BCUT2D eigenvalue weighted by Gasteiger charge is -2.23. The van der Waals surface area contributed by atoms with Gasteiger partial charge in [0.1, 0.15) is 11.5 Å². The number of hydrogen-bond donors (Lipinski definition) is 1. The highest BCUT2D eigenvalue weighted by atomic mass is 19.4. The SMILES string of the molecule is CN(C)C1CCN(c2nc(C(F)(F)F)ccc2C(N)=O)C1. The van der Waals surface area contributed by atoms with E-state index in [-0.39, 0.29) is 17.4 Å². The van der Waals surface area contributed by atoms with E-state index >= 15 is 0 Å². The van der Waals surface area contributed by atoms with Crippen LogP contribution in [-0.4, -0.2) is 49.0 Å². The molecule has 1 aliphatic rings. The van der Waals surface area contributed by atoms with Crippen LogP contribution in [0.4, 0.5) is 19.0 Å². The van der Waals surface area contributed by atoms with E-state index in [1.54, 1.807) is 4.90 Å². The van der Waals surface area contributed by atoms with Crippen molar-refractivity contribution in [3.63, 3.8) is 0 Å². The van der Waals surface area contributed by atoms with Crippen LogP contribution in [0.2, 0.25) is 0 Å². The molecule has 1 aliphatic heterocycles. The summed E-state index contributed by atoms with van der Waals surface area (Å²) in [5.74, 6) is -0.763. The van der Waals surface area contributed by atoms with Crippen molar-refractivity contribution >= 4 is 11.7 Å². The van der Waals surface area contributed by atoms with Crippen LogP contribution in [0.5, 0.6) is 0 Å². The molecule has 0 radical (unpaired) electrons. The van der Waals surface area contributed by atoms with Crippen LogP contribution >= 0.6 is 0 Å². The normalized spacial score (nSPS) is 19.3. The minimum atomic E-state index is -4.55. The minimum absolute atomic E-state index is 0.0154. The predicted molar refractivity (Wildman–Crippen MR) is 72.1 cm³/mol. The number of pyridine rings is 1. The van der Waals surface area contributed by atoms with Crippen molar-refractivity contribution in [2.45, 2.75) is 18.6 Å². The van der Waals surface area contributed by atoms with Gasteiger partial charge in [0.15, 0.2) is 0 Å². The Morgan fingerprint density at radius 3 is 2.57 bits per heavy atom. The summed E-state index contributed by atoms with van der Waals surface area (Å²) in [7, 11) is 3.81. The van der Waals surface area contributed by atoms with E-state index in [1.165, 1.54) is 0 Å². The van der Waals surface area contributed by atoms with E-state index in [1.807, 2.05) is 19.0 Å². The summed E-state index contributed by atoms with van der Waals surface area (Å²) in [6, 6.07) is 2.08. The Labute approximate surface area is 120 Å². The molecular weight excluding hydrogens is 285 g/mol. The zero-order valence-electron chi connectivity index (χ0n) is 11.8. The monoisotopic (exact) mass is 302 g/mol. The number of likely N-dealkylation sites (N-methyl/N-ethyl adjacent to an activating group) is 1. The van der Waals surface area contributed by atoms with Crippen molar-refractivity contribution in [1.29, 1.82) is 0 Å². The highest BCUT2D eigenvalue weighted by molar-refractivity contribution is 5.97. The maximum absolute atomic E-state index is 12.8. The Bertz CT molecular complexity index is 545. The number of aromatic nitrogens is 1. The summed E-state index contributed by atoms with van der Waals surface area (Å²) in [6.07, 6.45) is -3.76. The summed E-state index contributed by atoms with van der Waals surface area (Å²) in [6.45, 7) is 1.05. The van der Waals surface area contributed by atoms with Gasteiger partial charge in [0.2, 0.25) is 0 Å². The fourth-order valence-electron chi connectivity index (χ4n) is 2.40. The fourth-order valence-corrected chi connectivity index (χ4v) is 2.40. The van der Waals surface area contributed by atoms with Gasteiger partial charge in [-0.1, -0.05) is 0 Å². The summed E-state index contributed by atoms with van der Waals surface area (Å²) in [4.78, 5) is 18.7. The van der Waals surface area contributed by atoms with Crippen LogP contribution in [0.15, 0.2) is 12.1 Å². The summed E-state index contributed by atoms with van der Waals surface area (Å²) >= 11 is 0. The molecule has 2 rings (SSSR count). The highest BCUT2D eigenvalue weighted by Gasteiger charge is 2.35. The molecule has 1 fully saturated rings. The zero-order valence-corrected chi connectivity index (χ0v) is 11.8. The van der Waals surface area contributed by atoms with Gasteiger partial charge in [-0.3, -0.25) is 4.79 Å². The lowest BCUT2D eigenvalue weighted by Crippen LogP contribution is -2.33. The Kier molecular flexibility index (Phi) is 4.08. The van der Waals surface area contributed by atoms with Gasteiger partial charge < -0.3 is 15.5 Å². The number of nitrogens with zero attached hydrogens (tertiary/aromatic N) is 3. The quantitative estimate of drug-likeness (QED) is 0.915. The molecule has 5 nitrogen and oxygen atoms in total. The van der Waals surface area contributed by atoms with Crippen molar-refractivity contribution < 1.29 is 18.0 Å². The first-order chi connectivity index (χ1) is 9.70. The van der Waals surface area contributed by atoms with Gasteiger partial charge in [0, 0.05) is 19.1 Å². The molecule has 2 N–H and O–H groups in total. The Balaban J connectivity index is 2.38. The van der Waals surface area contributed by atoms with E-state index < -0.39 is 17.8 Å². The van der Waals surface area contributed by atoms with Crippen LogP contribution in [0, 0.1) is 0 Å². The molecule has 116 valence electrons. The van der Waals surface area contributed by atoms with Gasteiger partial charge >= 0.3 is 6.18 Å². The molecule has 1 unspecified atom stereocenters. The maximum Gasteiger partial charge on any atom is 0.433 e. The van der Waals surface area contributed by atoms with E-state index in [0.29, 0.717) is 13.1 Å². The predicted octanol–water partition coefficient (Wildman–Crippen LogP) is 1.34. The van der Waals surface area contributed by atoms with Crippen LogP contribution in [0.1, 0.15) is 22.5 Å². The van der Waals surface area contributed by atoms with E-state index in [9.17, 15) is 18.0 Å². The third-order valence-corrected chi connectivity index (χ3v) is 3.62. The number of carbonyl (C=O) groups excluding carboxylic acids is 1. The molecule has 1 aromatic rings. The van der Waals surface area contributed by atoms with E-state index in [2.05, 4.69) is 4.98 Å². The molecular formula is C13H17F3N4O. The van der Waals surface area contributed by atoms with Gasteiger partial charge in [0.05, 0.1) is 5.56 Å². The van der Waals surface area contributed by atoms with Gasteiger partial charge in [0.25, 0.3) is 5.91 Å². The van der Waals surface area contributed by atoms with Crippen LogP contribution in [0.25, 0.3) is 0 Å². The number of halogens is 3. The number of hydrogen-bond acceptors (Lipinski definition) is 4.